The maximum atomic E-state index is 13.4. The molecule has 3 aromatic carbocycles. The zero-order valence-corrected chi connectivity index (χ0v) is 18.1. The molecule has 0 saturated carbocycles. The Morgan fingerprint density at radius 3 is 2.38 bits per heavy atom. The molecule has 0 amide bonds. The summed E-state index contributed by atoms with van der Waals surface area (Å²) in [7, 11) is 1.60. The van der Waals surface area contributed by atoms with E-state index in [9.17, 15) is 9.18 Å². The number of methoxy groups -OCH3 is 1. The number of nitrogens with zero attached hydrogens (tertiary/aromatic N) is 3. The molecule has 0 atom stereocenters. The quantitative estimate of drug-likeness (QED) is 0.281. The monoisotopic (exact) mass is 449 g/mol. The van der Waals surface area contributed by atoms with Crippen molar-refractivity contribution in [1.82, 2.24) is 14.8 Å². The lowest BCUT2D eigenvalue weighted by molar-refractivity contribution is -0.141. The SMILES string of the molecule is COc1ccc(COC(=O)CSc2nnc(-c3ccc(F)cc3)n2-c2ccccc2)cc1. The van der Waals surface area contributed by atoms with Crippen molar-refractivity contribution in [2.75, 3.05) is 12.9 Å². The Kier molecular flexibility index (Phi) is 6.81. The average molecular weight is 450 g/mol. The van der Waals surface area contributed by atoms with Gasteiger partial charge in [0.25, 0.3) is 0 Å². The maximum Gasteiger partial charge on any atom is 0.316 e. The van der Waals surface area contributed by atoms with Gasteiger partial charge in [-0.2, -0.15) is 0 Å². The minimum absolute atomic E-state index is 0.0739. The van der Waals surface area contributed by atoms with E-state index in [1.165, 1.54) is 23.9 Å². The van der Waals surface area contributed by atoms with E-state index in [1.54, 1.807) is 19.2 Å². The third-order valence-electron chi connectivity index (χ3n) is 4.63. The van der Waals surface area contributed by atoms with Gasteiger partial charge in [0, 0.05) is 11.3 Å². The highest BCUT2D eigenvalue weighted by Crippen LogP contribution is 2.28. The molecule has 0 N–H and O–H groups in total. The highest BCUT2D eigenvalue weighted by Gasteiger charge is 2.17. The van der Waals surface area contributed by atoms with E-state index >= 15 is 0 Å². The highest BCUT2D eigenvalue weighted by atomic mass is 32.2. The highest BCUT2D eigenvalue weighted by molar-refractivity contribution is 7.99. The molecule has 8 heteroatoms. The van der Waals surface area contributed by atoms with E-state index in [4.69, 9.17) is 9.47 Å². The summed E-state index contributed by atoms with van der Waals surface area (Å²) in [6.07, 6.45) is 0. The first-order valence-corrected chi connectivity index (χ1v) is 10.8. The minimum atomic E-state index is -0.364. The number of ether oxygens (including phenoxy) is 2. The topological polar surface area (TPSA) is 66.2 Å². The molecule has 0 aliphatic heterocycles. The van der Waals surface area contributed by atoms with E-state index in [-0.39, 0.29) is 24.1 Å². The van der Waals surface area contributed by atoms with Crippen molar-refractivity contribution in [3.05, 3.63) is 90.2 Å². The summed E-state index contributed by atoms with van der Waals surface area (Å²) in [5, 5.41) is 9.09. The number of para-hydroxylation sites is 1. The Morgan fingerprint density at radius 2 is 1.69 bits per heavy atom. The Balaban J connectivity index is 1.48. The molecular formula is C24H20FN3O3S. The molecule has 0 radical (unpaired) electrons. The van der Waals surface area contributed by atoms with E-state index in [1.807, 2.05) is 59.2 Å². The van der Waals surface area contributed by atoms with Crippen molar-refractivity contribution in [2.24, 2.45) is 0 Å². The molecule has 0 aliphatic rings. The number of rotatable bonds is 8. The number of aromatic nitrogens is 3. The Morgan fingerprint density at radius 1 is 0.969 bits per heavy atom. The first kappa shape index (κ1) is 21.6. The molecule has 1 aromatic heterocycles. The van der Waals surface area contributed by atoms with Crippen molar-refractivity contribution in [3.8, 4) is 22.8 Å². The van der Waals surface area contributed by atoms with Crippen molar-refractivity contribution < 1.29 is 18.7 Å². The molecule has 0 fully saturated rings. The minimum Gasteiger partial charge on any atom is -0.497 e. The maximum absolute atomic E-state index is 13.4. The summed E-state index contributed by atoms with van der Waals surface area (Å²) in [4.78, 5) is 12.3. The average Bonchev–Trinajstić information content (AvgIpc) is 3.26. The summed E-state index contributed by atoms with van der Waals surface area (Å²) in [5.41, 5.74) is 2.43. The smallest absolute Gasteiger partial charge is 0.316 e. The lowest BCUT2D eigenvalue weighted by Crippen LogP contribution is -2.08. The van der Waals surface area contributed by atoms with Crippen LogP contribution in [-0.2, 0) is 16.1 Å². The van der Waals surface area contributed by atoms with Gasteiger partial charge in [-0.05, 0) is 54.1 Å². The molecule has 4 aromatic rings. The lowest BCUT2D eigenvalue weighted by Gasteiger charge is -2.10. The number of benzene rings is 3. The van der Waals surface area contributed by atoms with Crippen molar-refractivity contribution in [1.29, 1.82) is 0 Å². The van der Waals surface area contributed by atoms with Gasteiger partial charge in [0.1, 0.15) is 18.2 Å². The van der Waals surface area contributed by atoms with Crippen LogP contribution in [0.3, 0.4) is 0 Å². The van der Waals surface area contributed by atoms with Crippen molar-refractivity contribution in [2.45, 2.75) is 11.8 Å². The molecule has 162 valence electrons. The van der Waals surface area contributed by atoms with Gasteiger partial charge in [0.15, 0.2) is 11.0 Å². The molecule has 32 heavy (non-hydrogen) atoms. The predicted octanol–water partition coefficient (Wildman–Crippen LogP) is 4.92. The van der Waals surface area contributed by atoms with Crippen LogP contribution in [0.4, 0.5) is 4.39 Å². The van der Waals surface area contributed by atoms with Gasteiger partial charge in [-0.1, -0.05) is 42.1 Å². The zero-order chi connectivity index (χ0) is 22.3. The molecule has 0 spiro atoms. The fraction of sp³-hybridized carbons (Fsp3) is 0.125. The number of carbonyl (C=O) groups is 1. The number of halogens is 1. The molecule has 0 bridgehead atoms. The van der Waals surface area contributed by atoms with Crippen LogP contribution in [0.5, 0.6) is 5.75 Å². The van der Waals surface area contributed by atoms with E-state index in [0.717, 1.165) is 22.6 Å². The van der Waals surface area contributed by atoms with Crippen LogP contribution in [0, 0.1) is 5.82 Å². The van der Waals surface area contributed by atoms with Crippen LogP contribution in [0.15, 0.2) is 84.0 Å². The summed E-state index contributed by atoms with van der Waals surface area (Å²) in [6, 6.07) is 22.9. The molecule has 6 nitrogen and oxygen atoms in total. The number of hydrogen-bond donors (Lipinski definition) is 0. The van der Waals surface area contributed by atoms with Gasteiger partial charge in [0.05, 0.1) is 12.9 Å². The molecule has 0 saturated heterocycles. The van der Waals surface area contributed by atoms with Crippen LogP contribution in [0.1, 0.15) is 5.56 Å². The normalized spacial score (nSPS) is 10.7. The first-order chi connectivity index (χ1) is 15.6. The summed E-state index contributed by atoms with van der Waals surface area (Å²) < 4.78 is 25.7. The fourth-order valence-corrected chi connectivity index (χ4v) is 3.76. The summed E-state index contributed by atoms with van der Waals surface area (Å²) in [6.45, 7) is 0.176. The van der Waals surface area contributed by atoms with E-state index < -0.39 is 0 Å². The van der Waals surface area contributed by atoms with Crippen LogP contribution in [-0.4, -0.2) is 33.6 Å². The first-order valence-electron chi connectivity index (χ1n) is 9.82. The fourth-order valence-electron chi connectivity index (χ4n) is 3.01. The molecule has 4 rings (SSSR count). The van der Waals surface area contributed by atoms with Gasteiger partial charge >= 0.3 is 5.97 Å². The molecule has 1 heterocycles. The number of esters is 1. The second kappa shape index (κ2) is 10.1. The van der Waals surface area contributed by atoms with Crippen molar-refractivity contribution >= 4 is 17.7 Å². The molecule has 0 aliphatic carbocycles. The zero-order valence-electron chi connectivity index (χ0n) is 17.3. The van der Waals surface area contributed by atoms with Gasteiger partial charge in [0.2, 0.25) is 0 Å². The van der Waals surface area contributed by atoms with Crippen LogP contribution >= 0.6 is 11.8 Å². The number of hydrogen-bond acceptors (Lipinski definition) is 6. The predicted molar refractivity (Wildman–Crippen MR) is 120 cm³/mol. The second-order valence-electron chi connectivity index (χ2n) is 6.78. The van der Waals surface area contributed by atoms with Gasteiger partial charge in [-0.15, -0.1) is 10.2 Å². The van der Waals surface area contributed by atoms with Gasteiger partial charge in [-0.3, -0.25) is 9.36 Å². The number of thioether (sulfide) groups is 1. The largest absolute Gasteiger partial charge is 0.497 e. The lowest BCUT2D eigenvalue weighted by atomic mass is 10.2. The third-order valence-corrected chi connectivity index (χ3v) is 5.53. The van der Waals surface area contributed by atoms with Gasteiger partial charge in [-0.25, -0.2) is 4.39 Å². The standard InChI is InChI=1S/C24H20FN3O3S/c1-30-21-13-7-17(8-14-21)15-31-22(29)16-32-24-27-26-23(18-9-11-19(25)12-10-18)28(24)20-5-3-2-4-6-20/h2-14H,15-16H2,1H3. The van der Waals surface area contributed by atoms with Crippen LogP contribution < -0.4 is 4.74 Å². The van der Waals surface area contributed by atoms with E-state index in [0.29, 0.717) is 11.0 Å². The van der Waals surface area contributed by atoms with Crippen LogP contribution in [0.2, 0.25) is 0 Å². The Hall–Kier alpha value is -3.65. The molecule has 0 unspecified atom stereocenters. The van der Waals surface area contributed by atoms with Gasteiger partial charge < -0.3 is 9.47 Å². The van der Waals surface area contributed by atoms with Crippen molar-refractivity contribution in [3.63, 3.8) is 0 Å². The number of carbonyl (C=O) groups excluding carboxylic acids is 1. The Bertz CT molecular complexity index is 1180. The molecular weight excluding hydrogens is 429 g/mol. The van der Waals surface area contributed by atoms with E-state index in [2.05, 4.69) is 10.2 Å². The second-order valence-corrected chi connectivity index (χ2v) is 7.72. The Labute approximate surface area is 189 Å². The summed E-state index contributed by atoms with van der Waals surface area (Å²) >= 11 is 1.23. The summed E-state index contributed by atoms with van der Waals surface area (Å²) in [5.74, 6) is 0.688. The third kappa shape index (κ3) is 5.15. The van der Waals surface area contributed by atoms with Crippen LogP contribution in [0.25, 0.3) is 17.1 Å².